The van der Waals surface area contributed by atoms with Gasteiger partial charge in [0.05, 0.1) is 17.6 Å². The minimum atomic E-state index is -3.79. The molecule has 2 aromatic rings. The zero-order chi connectivity index (χ0) is 24.7. The number of sulfone groups is 1. The fourth-order valence-electron chi connectivity index (χ4n) is 4.85. The number of carbonyl (C=O) groups excluding carboxylic acids is 1. The highest BCUT2D eigenvalue weighted by molar-refractivity contribution is 7.93. The van der Waals surface area contributed by atoms with Crippen LogP contribution in [0.2, 0.25) is 0 Å². The summed E-state index contributed by atoms with van der Waals surface area (Å²) in [4.78, 5) is 25.4. The van der Waals surface area contributed by atoms with Crippen molar-refractivity contribution in [2.45, 2.75) is 50.3 Å². The standard InChI is InChI=1S/C24H29FN4O4S/c1-15-12-28-20(13-27-15)21(30)11-16-4-5-19(25)18(10-16)23(2)14-34(31,32)24(3,22(26)29-23)17-6-8-33-9-7-17/h4-5,10,12-13,17H,6-9,11,14H2,1-3H3,(H2,26,29)/t23-,24-/m0/s1. The second-order valence-electron chi connectivity index (χ2n) is 9.48. The molecular weight excluding hydrogens is 459 g/mol. The molecule has 10 heteroatoms. The Morgan fingerprint density at radius 3 is 2.53 bits per heavy atom. The van der Waals surface area contributed by atoms with Crippen LogP contribution in [0.4, 0.5) is 4.39 Å². The number of aromatic nitrogens is 2. The first-order valence-electron chi connectivity index (χ1n) is 11.2. The Morgan fingerprint density at radius 2 is 1.91 bits per heavy atom. The molecule has 182 valence electrons. The average molecular weight is 489 g/mol. The number of hydrogen-bond acceptors (Lipinski definition) is 8. The van der Waals surface area contributed by atoms with Crippen molar-refractivity contribution in [1.29, 1.82) is 0 Å². The van der Waals surface area contributed by atoms with Gasteiger partial charge in [0.2, 0.25) is 0 Å². The van der Waals surface area contributed by atoms with Crippen LogP contribution in [0.1, 0.15) is 54.0 Å². The molecule has 0 unspecified atom stereocenters. The smallest absolute Gasteiger partial charge is 0.187 e. The van der Waals surface area contributed by atoms with E-state index in [0.717, 1.165) is 0 Å². The lowest BCUT2D eigenvalue weighted by atomic mass is 9.84. The number of halogens is 1. The van der Waals surface area contributed by atoms with Crippen molar-refractivity contribution < 1.29 is 22.3 Å². The Balaban J connectivity index is 1.68. The van der Waals surface area contributed by atoms with Crippen LogP contribution in [0.3, 0.4) is 0 Å². The SMILES string of the molecule is Cc1cnc(C(=O)Cc2ccc(F)c([C@]3(C)CS(=O)(=O)[C@@](C)(C4CCOCC4)C(N)=N3)c2)cn1. The predicted molar refractivity (Wildman–Crippen MR) is 126 cm³/mol. The van der Waals surface area contributed by atoms with Crippen molar-refractivity contribution in [2.24, 2.45) is 16.6 Å². The average Bonchev–Trinajstić information content (AvgIpc) is 2.79. The van der Waals surface area contributed by atoms with Crippen molar-refractivity contribution >= 4 is 21.5 Å². The lowest BCUT2D eigenvalue weighted by molar-refractivity contribution is 0.0609. The number of Topliss-reactive ketones (excluding diaryl/α,β-unsaturated/α-hetero) is 1. The molecule has 1 aromatic heterocycles. The third kappa shape index (κ3) is 4.24. The Morgan fingerprint density at radius 1 is 1.21 bits per heavy atom. The fraction of sp³-hybridized carbons (Fsp3) is 0.500. The maximum absolute atomic E-state index is 15.0. The largest absolute Gasteiger partial charge is 0.386 e. The van der Waals surface area contributed by atoms with Crippen LogP contribution >= 0.6 is 0 Å². The summed E-state index contributed by atoms with van der Waals surface area (Å²) in [5.41, 5.74) is 6.42. The van der Waals surface area contributed by atoms with E-state index in [4.69, 9.17) is 10.5 Å². The molecule has 0 bridgehead atoms. The molecular formula is C24H29FN4O4S. The van der Waals surface area contributed by atoms with Crippen LogP contribution in [0.15, 0.2) is 35.6 Å². The number of carbonyl (C=O) groups is 1. The van der Waals surface area contributed by atoms with Gasteiger partial charge in [-0.05, 0) is 57.2 Å². The molecule has 1 fully saturated rings. The molecule has 0 spiro atoms. The van der Waals surface area contributed by atoms with Crippen molar-refractivity contribution in [1.82, 2.24) is 9.97 Å². The van der Waals surface area contributed by atoms with Gasteiger partial charge in [-0.2, -0.15) is 0 Å². The maximum Gasteiger partial charge on any atom is 0.187 e. The molecule has 1 saturated heterocycles. The van der Waals surface area contributed by atoms with Crippen molar-refractivity contribution in [3.05, 3.63) is 58.9 Å². The molecule has 3 heterocycles. The van der Waals surface area contributed by atoms with Crippen molar-refractivity contribution in [2.75, 3.05) is 19.0 Å². The van der Waals surface area contributed by atoms with Gasteiger partial charge in [-0.3, -0.25) is 14.8 Å². The molecule has 0 amide bonds. The van der Waals surface area contributed by atoms with E-state index in [2.05, 4.69) is 15.0 Å². The highest BCUT2D eigenvalue weighted by atomic mass is 32.2. The second-order valence-corrected chi connectivity index (χ2v) is 11.8. The van der Waals surface area contributed by atoms with Crippen LogP contribution in [0.25, 0.3) is 0 Å². The number of ether oxygens (including phenoxy) is 1. The molecule has 2 aliphatic heterocycles. The number of ketones is 1. The van der Waals surface area contributed by atoms with Crippen LogP contribution in [0.5, 0.6) is 0 Å². The quantitative estimate of drug-likeness (QED) is 0.641. The molecule has 8 nitrogen and oxygen atoms in total. The van der Waals surface area contributed by atoms with Gasteiger partial charge in [-0.25, -0.2) is 17.8 Å². The molecule has 0 saturated carbocycles. The topological polar surface area (TPSA) is 125 Å². The third-order valence-corrected chi connectivity index (χ3v) is 9.81. The molecule has 0 aliphatic carbocycles. The lowest BCUT2D eigenvalue weighted by Gasteiger charge is -2.44. The van der Waals surface area contributed by atoms with Crippen LogP contribution in [-0.2, 0) is 26.5 Å². The van der Waals surface area contributed by atoms with Gasteiger partial charge in [0.25, 0.3) is 0 Å². The van der Waals surface area contributed by atoms with Gasteiger partial charge in [-0.1, -0.05) is 6.07 Å². The highest BCUT2D eigenvalue weighted by Gasteiger charge is 2.56. The molecule has 2 aliphatic rings. The Labute approximate surface area is 198 Å². The van der Waals surface area contributed by atoms with Gasteiger partial charge in [-0.15, -0.1) is 0 Å². The summed E-state index contributed by atoms with van der Waals surface area (Å²) in [6.07, 6.45) is 4.00. The Kier molecular flexibility index (Phi) is 6.32. The van der Waals surface area contributed by atoms with E-state index in [-0.39, 0.29) is 41.0 Å². The van der Waals surface area contributed by atoms with Crippen LogP contribution < -0.4 is 5.73 Å². The van der Waals surface area contributed by atoms with Gasteiger partial charge in [0, 0.05) is 31.4 Å². The molecule has 4 rings (SSSR count). The Bertz CT molecular complexity index is 1240. The van der Waals surface area contributed by atoms with Gasteiger partial charge >= 0.3 is 0 Å². The lowest BCUT2D eigenvalue weighted by Crippen LogP contribution is -2.61. The summed E-state index contributed by atoms with van der Waals surface area (Å²) in [5.74, 6) is -1.49. The zero-order valence-electron chi connectivity index (χ0n) is 19.5. The summed E-state index contributed by atoms with van der Waals surface area (Å²) >= 11 is 0. The normalized spacial score (nSPS) is 27.2. The third-order valence-electron chi connectivity index (χ3n) is 7.04. The molecule has 0 radical (unpaired) electrons. The van der Waals surface area contributed by atoms with Crippen LogP contribution in [-0.4, -0.2) is 53.7 Å². The summed E-state index contributed by atoms with van der Waals surface area (Å²) in [5, 5.41) is 0. The first kappa shape index (κ1) is 24.4. The van der Waals surface area contributed by atoms with E-state index < -0.39 is 25.9 Å². The fourth-order valence-corrected chi connectivity index (χ4v) is 7.21. The van der Waals surface area contributed by atoms with E-state index in [9.17, 15) is 13.2 Å². The van der Waals surface area contributed by atoms with Gasteiger partial charge < -0.3 is 10.5 Å². The van der Waals surface area contributed by atoms with E-state index >= 15 is 4.39 Å². The number of hydrogen-bond donors (Lipinski definition) is 1. The van der Waals surface area contributed by atoms with Crippen LogP contribution in [0, 0.1) is 18.7 Å². The molecule has 34 heavy (non-hydrogen) atoms. The minimum Gasteiger partial charge on any atom is -0.386 e. The van der Waals surface area contributed by atoms with E-state index in [0.29, 0.717) is 37.3 Å². The number of nitrogens with two attached hydrogens (primary N) is 1. The van der Waals surface area contributed by atoms with E-state index in [1.807, 2.05) is 0 Å². The number of nitrogens with zero attached hydrogens (tertiary/aromatic N) is 3. The molecule has 1 aromatic carbocycles. The highest BCUT2D eigenvalue weighted by Crippen LogP contribution is 2.43. The monoisotopic (exact) mass is 488 g/mol. The number of rotatable bonds is 5. The Hall–Kier alpha value is -2.72. The minimum absolute atomic E-state index is 0.0102. The van der Waals surface area contributed by atoms with Gasteiger partial charge in [0.1, 0.15) is 27.6 Å². The van der Waals surface area contributed by atoms with Crippen molar-refractivity contribution in [3.8, 4) is 0 Å². The van der Waals surface area contributed by atoms with E-state index in [1.165, 1.54) is 30.6 Å². The second kappa shape index (κ2) is 8.81. The molecule has 2 atom stereocenters. The number of benzene rings is 1. The number of aliphatic imine (C=N–C) groups is 1. The summed E-state index contributed by atoms with van der Waals surface area (Å²) in [7, 11) is -3.79. The first-order valence-corrected chi connectivity index (χ1v) is 12.9. The summed E-state index contributed by atoms with van der Waals surface area (Å²) in [6, 6.07) is 4.23. The first-order chi connectivity index (χ1) is 16.0. The predicted octanol–water partition coefficient (Wildman–Crippen LogP) is 2.54. The number of amidine groups is 1. The van der Waals surface area contributed by atoms with Crippen molar-refractivity contribution in [3.63, 3.8) is 0 Å². The summed E-state index contributed by atoms with van der Waals surface area (Å²) in [6.45, 7) is 5.89. The van der Waals surface area contributed by atoms with Gasteiger partial charge in [0.15, 0.2) is 15.6 Å². The zero-order valence-corrected chi connectivity index (χ0v) is 20.4. The maximum atomic E-state index is 15.0. The van der Waals surface area contributed by atoms with E-state index in [1.54, 1.807) is 20.8 Å². The number of aryl methyl sites for hydroxylation is 1. The summed E-state index contributed by atoms with van der Waals surface area (Å²) < 4.78 is 46.2. The molecule has 2 N–H and O–H groups in total.